The number of ether oxygens (including phenoxy) is 1. The predicted octanol–water partition coefficient (Wildman–Crippen LogP) is 2.91. The summed E-state index contributed by atoms with van der Waals surface area (Å²) in [7, 11) is -3.62. The molecule has 180 valence electrons. The molecule has 3 rings (SSSR count). The normalized spacial score (nSPS) is 16.2. The first-order chi connectivity index (χ1) is 15.5. The molecule has 1 heterocycles. The summed E-state index contributed by atoms with van der Waals surface area (Å²) < 4.78 is 68.9. The van der Waals surface area contributed by atoms with E-state index >= 15 is 0 Å². The molecule has 2 aromatic carbocycles. The third-order valence-corrected chi connectivity index (χ3v) is 7.16. The predicted molar refractivity (Wildman–Crippen MR) is 116 cm³/mol. The molecule has 1 aliphatic heterocycles. The third kappa shape index (κ3) is 7.18. The summed E-state index contributed by atoms with van der Waals surface area (Å²) in [5.74, 6) is -0.733. The lowest BCUT2D eigenvalue weighted by atomic mass is 10.2. The summed E-state index contributed by atoms with van der Waals surface area (Å²) in [5.41, 5.74) is 1.17. The minimum atomic E-state index is -4.82. The van der Waals surface area contributed by atoms with Gasteiger partial charge in [-0.05, 0) is 38.1 Å². The number of amides is 1. The van der Waals surface area contributed by atoms with Crippen molar-refractivity contribution in [2.24, 2.45) is 0 Å². The topological polar surface area (TPSA) is 79.0 Å². The van der Waals surface area contributed by atoms with E-state index in [-0.39, 0.29) is 41.7 Å². The van der Waals surface area contributed by atoms with Crippen molar-refractivity contribution < 1.29 is 31.1 Å². The van der Waals surface area contributed by atoms with Gasteiger partial charge in [0.05, 0.1) is 11.4 Å². The largest absolute Gasteiger partial charge is 0.573 e. The van der Waals surface area contributed by atoms with E-state index in [0.29, 0.717) is 26.1 Å². The first-order valence-corrected chi connectivity index (χ1v) is 11.9. The number of para-hydroxylation sites is 1. The second-order valence-electron chi connectivity index (χ2n) is 7.78. The average molecular weight is 486 g/mol. The van der Waals surface area contributed by atoms with Gasteiger partial charge in [-0.2, -0.15) is 4.31 Å². The summed E-state index contributed by atoms with van der Waals surface area (Å²) in [6.07, 6.45) is -4.27. The Balaban J connectivity index is 1.54. The highest BCUT2D eigenvalue weighted by molar-refractivity contribution is 7.89. The van der Waals surface area contributed by atoms with E-state index in [1.165, 1.54) is 22.5 Å². The Morgan fingerprint density at radius 1 is 1.03 bits per heavy atom. The number of carbonyl (C=O) groups is 1. The molecule has 7 nitrogen and oxygen atoms in total. The van der Waals surface area contributed by atoms with Gasteiger partial charge in [-0.15, -0.1) is 13.2 Å². The number of hydrogen-bond donors (Lipinski definition) is 1. The molecule has 2 aromatic rings. The minimum absolute atomic E-state index is 0.0146. The second kappa shape index (κ2) is 10.5. The second-order valence-corrected chi connectivity index (χ2v) is 9.72. The molecule has 0 aromatic heterocycles. The van der Waals surface area contributed by atoms with Crippen LogP contribution in [0.4, 0.5) is 13.2 Å². The van der Waals surface area contributed by atoms with Crippen LogP contribution in [0.15, 0.2) is 53.4 Å². The van der Waals surface area contributed by atoms with Gasteiger partial charge in [-0.3, -0.25) is 9.69 Å². The zero-order valence-corrected chi connectivity index (χ0v) is 19.0. The molecule has 0 bridgehead atoms. The van der Waals surface area contributed by atoms with Gasteiger partial charge in [0.15, 0.2) is 0 Å². The van der Waals surface area contributed by atoms with E-state index in [0.717, 1.165) is 5.56 Å². The van der Waals surface area contributed by atoms with Crippen molar-refractivity contribution in [3.8, 4) is 5.75 Å². The Kier molecular flexibility index (Phi) is 7.98. The summed E-state index contributed by atoms with van der Waals surface area (Å²) in [5, 5.41) is 2.61. The van der Waals surface area contributed by atoms with E-state index in [2.05, 4.69) is 10.1 Å². The van der Waals surface area contributed by atoms with Crippen LogP contribution in [0.3, 0.4) is 0 Å². The first kappa shape index (κ1) is 25.0. The molecule has 1 fully saturated rings. The van der Waals surface area contributed by atoms with Crippen molar-refractivity contribution in [1.82, 2.24) is 14.5 Å². The maximum atomic E-state index is 12.9. The Hall–Kier alpha value is -2.63. The Bertz CT molecular complexity index is 1060. The van der Waals surface area contributed by atoms with Gasteiger partial charge in [-0.25, -0.2) is 8.42 Å². The molecule has 0 unspecified atom stereocenters. The lowest BCUT2D eigenvalue weighted by Crippen LogP contribution is -2.40. The number of aryl methyl sites for hydroxylation is 1. The molecule has 0 atom stereocenters. The van der Waals surface area contributed by atoms with Crippen LogP contribution in [0.2, 0.25) is 0 Å². The zero-order chi connectivity index (χ0) is 24.1. The average Bonchev–Trinajstić information content (AvgIpc) is 2.98. The molecule has 33 heavy (non-hydrogen) atoms. The molecule has 0 saturated carbocycles. The summed E-state index contributed by atoms with van der Waals surface area (Å²) in [4.78, 5) is 14.4. The van der Waals surface area contributed by atoms with E-state index in [1.807, 2.05) is 11.8 Å². The number of benzene rings is 2. The highest BCUT2D eigenvalue weighted by atomic mass is 32.2. The van der Waals surface area contributed by atoms with E-state index < -0.39 is 16.4 Å². The molecule has 1 amide bonds. The smallest absolute Gasteiger partial charge is 0.405 e. The SMILES string of the molecule is Cc1ccc(S(=O)(=O)N2CCCN(CC(=O)NCc3ccccc3OC(F)(F)F)CC2)cc1. The highest BCUT2D eigenvalue weighted by Crippen LogP contribution is 2.26. The number of sulfonamides is 1. The fourth-order valence-corrected chi connectivity index (χ4v) is 5.00. The van der Waals surface area contributed by atoms with Crippen LogP contribution >= 0.6 is 0 Å². The van der Waals surface area contributed by atoms with Crippen LogP contribution in [0.5, 0.6) is 5.75 Å². The van der Waals surface area contributed by atoms with Crippen molar-refractivity contribution >= 4 is 15.9 Å². The number of hydrogen-bond acceptors (Lipinski definition) is 5. The number of nitrogens with zero attached hydrogens (tertiary/aromatic N) is 2. The van der Waals surface area contributed by atoms with Gasteiger partial charge in [0.25, 0.3) is 0 Å². The fourth-order valence-electron chi connectivity index (χ4n) is 3.53. The van der Waals surface area contributed by atoms with E-state index in [4.69, 9.17) is 0 Å². The van der Waals surface area contributed by atoms with Crippen molar-refractivity contribution in [2.75, 3.05) is 32.7 Å². The van der Waals surface area contributed by atoms with Gasteiger partial charge in [0, 0.05) is 31.7 Å². The fraction of sp³-hybridized carbons (Fsp3) is 0.409. The number of nitrogens with one attached hydrogen (secondary N) is 1. The first-order valence-electron chi connectivity index (χ1n) is 10.4. The van der Waals surface area contributed by atoms with Gasteiger partial charge in [-0.1, -0.05) is 35.9 Å². The number of alkyl halides is 3. The molecule has 0 radical (unpaired) electrons. The van der Waals surface area contributed by atoms with Crippen molar-refractivity contribution in [3.63, 3.8) is 0 Å². The van der Waals surface area contributed by atoms with Crippen LogP contribution in [0.25, 0.3) is 0 Å². The molecular formula is C22H26F3N3O4S. The van der Waals surface area contributed by atoms with Gasteiger partial charge < -0.3 is 10.1 Å². The molecular weight excluding hydrogens is 459 g/mol. The molecule has 11 heteroatoms. The van der Waals surface area contributed by atoms with Gasteiger partial charge in [0.1, 0.15) is 5.75 Å². The van der Waals surface area contributed by atoms with Crippen LogP contribution < -0.4 is 10.1 Å². The maximum absolute atomic E-state index is 12.9. The van der Waals surface area contributed by atoms with Crippen LogP contribution in [0.1, 0.15) is 17.5 Å². The van der Waals surface area contributed by atoms with Crippen LogP contribution in [0, 0.1) is 6.92 Å². The Morgan fingerprint density at radius 2 is 1.73 bits per heavy atom. The standard InChI is InChI=1S/C22H26F3N3O4S/c1-17-7-9-19(10-8-17)33(30,31)28-12-4-11-27(13-14-28)16-21(29)26-15-18-5-2-3-6-20(18)32-22(23,24)25/h2-3,5-10H,4,11-16H2,1H3,(H,26,29). The number of halogens is 3. The molecule has 0 aliphatic carbocycles. The maximum Gasteiger partial charge on any atom is 0.573 e. The third-order valence-electron chi connectivity index (χ3n) is 5.25. The Labute approximate surface area is 191 Å². The van der Waals surface area contributed by atoms with Crippen LogP contribution in [-0.2, 0) is 21.4 Å². The number of rotatable bonds is 7. The van der Waals surface area contributed by atoms with Crippen molar-refractivity contribution in [1.29, 1.82) is 0 Å². The van der Waals surface area contributed by atoms with E-state index in [9.17, 15) is 26.4 Å². The number of carbonyl (C=O) groups excluding carboxylic acids is 1. The minimum Gasteiger partial charge on any atom is -0.405 e. The molecule has 1 N–H and O–H groups in total. The Morgan fingerprint density at radius 3 is 2.42 bits per heavy atom. The molecule has 0 spiro atoms. The molecule has 1 saturated heterocycles. The monoisotopic (exact) mass is 485 g/mol. The lowest BCUT2D eigenvalue weighted by Gasteiger charge is -2.21. The molecule has 1 aliphatic rings. The lowest BCUT2D eigenvalue weighted by molar-refractivity contribution is -0.274. The quantitative estimate of drug-likeness (QED) is 0.653. The summed E-state index contributed by atoms with van der Waals surface area (Å²) >= 11 is 0. The van der Waals surface area contributed by atoms with Crippen molar-refractivity contribution in [2.45, 2.75) is 31.1 Å². The van der Waals surface area contributed by atoms with Gasteiger partial charge in [0.2, 0.25) is 15.9 Å². The summed E-state index contributed by atoms with van der Waals surface area (Å²) in [6.45, 7) is 3.26. The van der Waals surface area contributed by atoms with Gasteiger partial charge >= 0.3 is 6.36 Å². The van der Waals surface area contributed by atoms with E-state index in [1.54, 1.807) is 30.3 Å². The van der Waals surface area contributed by atoms with Crippen molar-refractivity contribution in [3.05, 3.63) is 59.7 Å². The summed E-state index contributed by atoms with van der Waals surface area (Å²) in [6, 6.07) is 12.3. The zero-order valence-electron chi connectivity index (χ0n) is 18.1. The van der Waals surface area contributed by atoms with Crippen LogP contribution in [-0.4, -0.2) is 62.6 Å². The highest BCUT2D eigenvalue weighted by Gasteiger charge is 2.32.